The van der Waals surface area contributed by atoms with Crippen molar-refractivity contribution in [2.45, 2.75) is 83.2 Å². The number of hydrogen-bond donors (Lipinski definition) is 0. The molecule has 0 aromatic heterocycles. The minimum absolute atomic E-state index is 0.217. The van der Waals surface area contributed by atoms with Gasteiger partial charge in [0.1, 0.15) is 5.75 Å². The number of hydrogen-bond acceptors (Lipinski definition) is 1. The molecule has 1 aromatic carbocycles. The van der Waals surface area contributed by atoms with Crippen LogP contribution in [0, 0.1) is 17.8 Å². The highest BCUT2D eigenvalue weighted by Crippen LogP contribution is 2.44. The Morgan fingerprint density at radius 1 is 0.889 bits per heavy atom. The molecule has 0 bridgehead atoms. The molecule has 0 N–H and O–H groups in total. The Kier molecular flexibility index (Phi) is 6.69. The van der Waals surface area contributed by atoms with Crippen LogP contribution in [0.2, 0.25) is 0 Å². The second-order valence-corrected chi connectivity index (χ2v) is 8.33. The van der Waals surface area contributed by atoms with Crippen molar-refractivity contribution in [1.29, 1.82) is 0 Å². The topological polar surface area (TPSA) is 9.23 Å². The summed E-state index contributed by atoms with van der Waals surface area (Å²) in [5.74, 6) is 2.84. The van der Waals surface area contributed by atoms with Gasteiger partial charge >= 0.3 is 12.5 Å². The van der Waals surface area contributed by atoms with Crippen molar-refractivity contribution in [1.82, 2.24) is 0 Å². The molecule has 0 amide bonds. The third kappa shape index (κ3) is 5.17. The van der Waals surface area contributed by atoms with Crippen LogP contribution < -0.4 is 4.74 Å². The number of benzene rings is 1. The molecular formula is C22H30F4O. The van der Waals surface area contributed by atoms with Crippen molar-refractivity contribution in [3.8, 4) is 5.75 Å². The molecule has 0 radical (unpaired) electrons. The highest BCUT2D eigenvalue weighted by atomic mass is 19.3. The molecule has 0 spiro atoms. The summed E-state index contributed by atoms with van der Waals surface area (Å²) in [5.41, 5.74) is 1.09. The lowest BCUT2D eigenvalue weighted by Gasteiger charge is -2.38. The van der Waals surface area contributed by atoms with Crippen LogP contribution in [0.25, 0.3) is 0 Å². The molecular weight excluding hydrogens is 356 g/mol. The van der Waals surface area contributed by atoms with Crippen molar-refractivity contribution < 1.29 is 22.3 Å². The molecule has 1 nitrogen and oxygen atoms in total. The molecule has 0 heterocycles. The summed E-state index contributed by atoms with van der Waals surface area (Å²) in [6, 6.07) is 6.25. The molecule has 2 saturated carbocycles. The highest BCUT2D eigenvalue weighted by molar-refractivity contribution is 5.30. The first kappa shape index (κ1) is 20.5. The van der Waals surface area contributed by atoms with Gasteiger partial charge in [0.05, 0.1) is 0 Å². The molecule has 0 aliphatic heterocycles. The fraction of sp³-hybridized carbons (Fsp3) is 0.727. The van der Waals surface area contributed by atoms with E-state index in [2.05, 4.69) is 11.7 Å². The molecule has 152 valence electrons. The predicted octanol–water partition coefficient (Wildman–Crippen LogP) is 7.41. The van der Waals surface area contributed by atoms with E-state index in [0.717, 1.165) is 36.2 Å². The van der Waals surface area contributed by atoms with Crippen LogP contribution in [0.1, 0.15) is 76.2 Å². The average Bonchev–Trinajstić information content (AvgIpc) is 2.68. The van der Waals surface area contributed by atoms with Gasteiger partial charge < -0.3 is 4.74 Å². The standard InChI is InChI=1S/C22H30F4O/c1-2-15-3-5-16(6-4-15)17-7-9-18(10-8-17)19-11-13-20(14-12-19)27-22(25,26)21(23)24/h11-18,21H,2-10H2,1H3/t15-,16-,17?,18?. The Balaban J connectivity index is 1.49. The maximum Gasteiger partial charge on any atom is 0.461 e. The first-order valence-corrected chi connectivity index (χ1v) is 10.3. The Morgan fingerprint density at radius 3 is 1.89 bits per heavy atom. The van der Waals surface area contributed by atoms with Crippen molar-refractivity contribution >= 4 is 0 Å². The summed E-state index contributed by atoms with van der Waals surface area (Å²) >= 11 is 0. The van der Waals surface area contributed by atoms with E-state index in [1.165, 1.54) is 57.1 Å². The zero-order chi connectivity index (χ0) is 19.4. The van der Waals surface area contributed by atoms with Gasteiger partial charge in [0.25, 0.3) is 0 Å². The molecule has 2 aliphatic rings. The van der Waals surface area contributed by atoms with Gasteiger partial charge in [-0.25, -0.2) is 0 Å². The van der Waals surface area contributed by atoms with E-state index in [0.29, 0.717) is 5.92 Å². The van der Waals surface area contributed by atoms with Crippen LogP contribution in [0.15, 0.2) is 24.3 Å². The summed E-state index contributed by atoms with van der Waals surface area (Å²) in [5, 5.41) is 0. The Hall–Kier alpha value is -1.26. The highest BCUT2D eigenvalue weighted by Gasteiger charge is 2.44. The van der Waals surface area contributed by atoms with E-state index < -0.39 is 12.5 Å². The van der Waals surface area contributed by atoms with Crippen LogP contribution in [0.3, 0.4) is 0 Å². The van der Waals surface area contributed by atoms with Gasteiger partial charge in [-0.05, 0) is 79.9 Å². The SMILES string of the molecule is CC[C@H]1CC[C@H](C2CCC(c3ccc(OC(F)(F)C(F)F)cc3)CC2)CC1. The Labute approximate surface area is 159 Å². The zero-order valence-corrected chi connectivity index (χ0v) is 16.0. The first-order valence-electron chi connectivity index (χ1n) is 10.3. The minimum atomic E-state index is -4.45. The van der Waals surface area contributed by atoms with Crippen molar-refractivity contribution in [3.63, 3.8) is 0 Å². The molecule has 3 rings (SSSR count). The molecule has 0 saturated heterocycles. The fourth-order valence-corrected chi connectivity index (χ4v) is 5.00. The van der Waals surface area contributed by atoms with Crippen molar-refractivity contribution in [2.24, 2.45) is 17.8 Å². The molecule has 2 aliphatic carbocycles. The van der Waals surface area contributed by atoms with E-state index >= 15 is 0 Å². The van der Waals surface area contributed by atoms with E-state index in [4.69, 9.17) is 0 Å². The summed E-state index contributed by atoms with van der Waals surface area (Å²) in [6.45, 7) is 2.29. The van der Waals surface area contributed by atoms with Gasteiger partial charge in [-0.15, -0.1) is 0 Å². The van der Waals surface area contributed by atoms with Crippen molar-refractivity contribution in [2.75, 3.05) is 0 Å². The summed E-state index contributed by atoms with van der Waals surface area (Å²) in [7, 11) is 0. The van der Waals surface area contributed by atoms with E-state index in [9.17, 15) is 17.6 Å². The summed E-state index contributed by atoms with van der Waals surface area (Å²) < 4.78 is 54.6. The average molecular weight is 386 g/mol. The largest absolute Gasteiger partial charge is 0.461 e. The van der Waals surface area contributed by atoms with Gasteiger partial charge in [0, 0.05) is 0 Å². The van der Waals surface area contributed by atoms with Gasteiger partial charge in [0.15, 0.2) is 0 Å². The second kappa shape index (κ2) is 8.83. The summed E-state index contributed by atoms with van der Waals surface area (Å²) in [6.07, 6.45) is 3.23. The molecule has 27 heavy (non-hydrogen) atoms. The molecule has 1 aromatic rings. The number of halogens is 4. The number of rotatable bonds is 6. The van der Waals surface area contributed by atoms with Crippen LogP contribution in [0.4, 0.5) is 17.6 Å². The molecule has 0 unspecified atom stereocenters. The molecule has 0 atom stereocenters. The minimum Gasteiger partial charge on any atom is -0.428 e. The van der Waals surface area contributed by atoms with Crippen LogP contribution in [-0.4, -0.2) is 12.5 Å². The lowest BCUT2D eigenvalue weighted by Crippen LogP contribution is -2.33. The number of ether oxygens (including phenoxy) is 1. The second-order valence-electron chi connectivity index (χ2n) is 8.33. The monoisotopic (exact) mass is 386 g/mol. The maximum atomic E-state index is 13.0. The van der Waals surface area contributed by atoms with Crippen LogP contribution in [0.5, 0.6) is 5.75 Å². The van der Waals surface area contributed by atoms with Gasteiger partial charge in [-0.3, -0.25) is 0 Å². The predicted molar refractivity (Wildman–Crippen MR) is 98.5 cm³/mol. The summed E-state index contributed by atoms with van der Waals surface area (Å²) in [4.78, 5) is 0. The number of alkyl halides is 4. The van der Waals surface area contributed by atoms with E-state index in [1.807, 2.05) is 0 Å². The van der Waals surface area contributed by atoms with Crippen molar-refractivity contribution in [3.05, 3.63) is 29.8 Å². The fourth-order valence-electron chi connectivity index (χ4n) is 5.00. The molecule has 2 fully saturated rings. The smallest absolute Gasteiger partial charge is 0.428 e. The maximum absolute atomic E-state index is 13.0. The third-order valence-electron chi connectivity index (χ3n) is 6.77. The normalized spacial score (nSPS) is 29.7. The zero-order valence-electron chi connectivity index (χ0n) is 16.0. The van der Waals surface area contributed by atoms with Gasteiger partial charge in [-0.2, -0.15) is 17.6 Å². The van der Waals surface area contributed by atoms with Crippen LogP contribution >= 0.6 is 0 Å². The van der Waals surface area contributed by atoms with E-state index in [-0.39, 0.29) is 5.75 Å². The lowest BCUT2D eigenvalue weighted by atomic mass is 9.68. The third-order valence-corrected chi connectivity index (χ3v) is 6.77. The lowest BCUT2D eigenvalue weighted by molar-refractivity contribution is -0.253. The van der Waals surface area contributed by atoms with Gasteiger partial charge in [0.2, 0.25) is 0 Å². The Morgan fingerprint density at radius 2 is 1.41 bits per heavy atom. The first-order chi connectivity index (χ1) is 12.9. The quantitative estimate of drug-likeness (QED) is 0.462. The Bertz CT molecular complexity index is 570. The van der Waals surface area contributed by atoms with Crippen LogP contribution in [-0.2, 0) is 0 Å². The molecule has 5 heteroatoms. The van der Waals surface area contributed by atoms with E-state index in [1.54, 1.807) is 12.1 Å². The van der Waals surface area contributed by atoms with Gasteiger partial charge in [-0.1, -0.05) is 38.3 Å².